The quantitative estimate of drug-likeness (QED) is 0.453. The second kappa shape index (κ2) is 9.93. The molecule has 2 atom stereocenters. The molecule has 0 radical (unpaired) electrons. The summed E-state index contributed by atoms with van der Waals surface area (Å²) in [6.07, 6.45) is 12.2. The van der Waals surface area contributed by atoms with Crippen LogP contribution in [0.25, 0.3) is 0 Å². The SMILES string of the molecule is O=C(O)/C=C(/C(=O)O)[C@@]1(OC2CCCCC2)NC=CC=C1OCC1CCCNC1. The van der Waals surface area contributed by atoms with Gasteiger partial charge in [-0.25, -0.2) is 9.59 Å². The molecule has 0 aromatic rings. The number of nitrogens with one attached hydrogen (secondary N) is 2. The van der Waals surface area contributed by atoms with Crippen molar-refractivity contribution < 1.29 is 29.3 Å². The second-order valence-corrected chi connectivity index (χ2v) is 7.82. The highest BCUT2D eigenvalue weighted by molar-refractivity contribution is 5.97. The Labute approximate surface area is 170 Å². The topological polar surface area (TPSA) is 117 Å². The molecule has 1 saturated carbocycles. The average Bonchev–Trinajstić information content (AvgIpc) is 2.72. The predicted octanol–water partition coefficient (Wildman–Crippen LogP) is 2.14. The van der Waals surface area contributed by atoms with E-state index in [1.807, 2.05) is 0 Å². The maximum absolute atomic E-state index is 12.1. The monoisotopic (exact) mass is 406 g/mol. The number of rotatable bonds is 8. The molecule has 3 rings (SSSR count). The summed E-state index contributed by atoms with van der Waals surface area (Å²) in [6, 6.07) is 0. The lowest BCUT2D eigenvalue weighted by Crippen LogP contribution is -2.54. The molecule has 2 heterocycles. The van der Waals surface area contributed by atoms with E-state index in [0.29, 0.717) is 18.6 Å². The molecule has 1 aliphatic carbocycles. The zero-order valence-electron chi connectivity index (χ0n) is 16.6. The first-order valence-corrected chi connectivity index (χ1v) is 10.4. The third kappa shape index (κ3) is 5.39. The lowest BCUT2D eigenvalue weighted by molar-refractivity contribution is -0.144. The fourth-order valence-electron chi connectivity index (χ4n) is 4.15. The molecule has 0 spiro atoms. The number of ether oxygens (including phenoxy) is 2. The van der Waals surface area contributed by atoms with Gasteiger partial charge < -0.3 is 30.3 Å². The molecule has 2 fully saturated rings. The fraction of sp³-hybridized carbons (Fsp3) is 0.619. The van der Waals surface area contributed by atoms with Crippen molar-refractivity contribution in [2.24, 2.45) is 5.92 Å². The smallest absolute Gasteiger partial charge is 0.337 e. The predicted molar refractivity (Wildman–Crippen MR) is 106 cm³/mol. The maximum Gasteiger partial charge on any atom is 0.337 e. The Bertz CT molecular complexity index is 689. The van der Waals surface area contributed by atoms with Gasteiger partial charge in [0, 0.05) is 18.5 Å². The summed E-state index contributed by atoms with van der Waals surface area (Å²) in [5.74, 6) is -2.12. The van der Waals surface area contributed by atoms with E-state index in [-0.39, 0.29) is 11.9 Å². The molecule has 0 aromatic carbocycles. The normalized spacial score (nSPS) is 28.3. The molecule has 8 heteroatoms. The average molecular weight is 406 g/mol. The minimum atomic E-state index is -1.66. The Balaban J connectivity index is 1.90. The zero-order valence-corrected chi connectivity index (χ0v) is 16.6. The molecule has 0 amide bonds. The van der Waals surface area contributed by atoms with Crippen molar-refractivity contribution in [2.45, 2.75) is 56.8 Å². The summed E-state index contributed by atoms with van der Waals surface area (Å²) in [5.41, 5.74) is -2.06. The number of carboxylic acids is 2. The molecule has 0 bridgehead atoms. The summed E-state index contributed by atoms with van der Waals surface area (Å²) in [5, 5.41) is 25.4. The van der Waals surface area contributed by atoms with E-state index in [1.54, 1.807) is 18.4 Å². The molecular formula is C21H30N2O6. The minimum absolute atomic E-state index is 0.178. The molecule has 4 N–H and O–H groups in total. The number of allylic oxidation sites excluding steroid dienone is 2. The van der Waals surface area contributed by atoms with Gasteiger partial charge in [0.15, 0.2) is 5.76 Å². The number of hydrogen-bond donors (Lipinski definition) is 4. The summed E-state index contributed by atoms with van der Waals surface area (Å²) < 4.78 is 12.4. The van der Waals surface area contributed by atoms with Crippen LogP contribution in [-0.4, -0.2) is 53.7 Å². The van der Waals surface area contributed by atoms with E-state index in [0.717, 1.165) is 58.0 Å². The highest BCUT2D eigenvalue weighted by atomic mass is 16.6. The van der Waals surface area contributed by atoms with Crippen LogP contribution in [0.2, 0.25) is 0 Å². The molecule has 29 heavy (non-hydrogen) atoms. The Morgan fingerprint density at radius 2 is 1.97 bits per heavy atom. The third-order valence-electron chi connectivity index (χ3n) is 5.62. The Morgan fingerprint density at radius 3 is 2.62 bits per heavy atom. The second-order valence-electron chi connectivity index (χ2n) is 7.82. The summed E-state index contributed by atoms with van der Waals surface area (Å²) in [4.78, 5) is 23.5. The van der Waals surface area contributed by atoms with Crippen molar-refractivity contribution in [1.82, 2.24) is 10.6 Å². The van der Waals surface area contributed by atoms with Gasteiger partial charge in [0.2, 0.25) is 5.72 Å². The van der Waals surface area contributed by atoms with Crippen LogP contribution in [0.1, 0.15) is 44.9 Å². The summed E-state index contributed by atoms with van der Waals surface area (Å²) in [6.45, 7) is 2.23. The van der Waals surface area contributed by atoms with Crippen LogP contribution in [0.3, 0.4) is 0 Å². The van der Waals surface area contributed by atoms with E-state index >= 15 is 0 Å². The van der Waals surface area contributed by atoms with Gasteiger partial charge in [0.1, 0.15) is 5.57 Å². The first kappa shape index (κ1) is 21.4. The van der Waals surface area contributed by atoms with Crippen molar-refractivity contribution in [3.05, 3.63) is 35.8 Å². The maximum atomic E-state index is 12.1. The van der Waals surface area contributed by atoms with Gasteiger partial charge in [0.05, 0.1) is 12.7 Å². The van der Waals surface area contributed by atoms with Crippen LogP contribution >= 0.6 is 0 Å². The van der Waals surface area contributed by atoms with Crippen LogP contribution in [0.5, 0.6) is 0 Å². The van der Waals surface area contributed by atoms with Crippen molar-refractivity contribution in [1.29, 1.82) is 0 Å². The molecule has 160 valence electrons. The van der Waals surface area contributed by atoms with Crippen molar-refractivity contribution in [2.75, 3.05) is 19.7 Å². The Morgan fingerprint density at radius 1 is 1.17 bits per heavy atom. The number of carbonyl (C=O) groups is 2. The molecule has 3 aliphatic rings. The van der Waals surface area contributed by atoms with Gasteiger partial charge in [-0.1, -0.05) is 19.3 Å². The van der Waals surface area contributed by atoms with Crippen LogP contribution in [0.4, 0.5) is 0 Å². The number of dihydropyridines is 1. The van der Waals surface area contributed by atoms with E-state index in [2.05, 4.69) is 10.6 Å². The first-order chi connectivity index (χ1) is 14.0. The number of aliphatic carboxylic acids is 2. The standard InChI is InChI=1S/C21H30N2O6/c24-19(25)12-17(20(26)27)21(29-16-7-2-1-3-8-16)18(9-5-11-23-21)28-14-15-6-4-10-22-13-15/h5,9,11-12,15-16,22-23H,1-4,6-8,10,13-14H2,(H,24,25)(H,26,27)/b17-12-/t15?,21-/m0/s1. The van der Waals surface area contributed by atoms with Gasteiger partial charge in [-0.15, -0.1) is 0 Å². The fourth-order valence-corrected chi connectivity index (χ4v) is 4.15. The van der Waals surface area contributed by atoms with E-state index in [9.17, 15) is 19.8 Å². The Hall–Kier alpha value is -2.32. The highest BCUT2D eigenvalue weighted by Gasteiger charge is 2.47. The number of piperidine rings is 1. The van der Waals surface area contributed by atoms with Gasteiger partial charge in [0.25, 0.3) is 0 Å². The van der Waals surface area contributed by atoms with E-state index in [4.69, 9.17) is 9.47 Å². The molecule has 1 unspecified atom stereocenters. The zero-order chi connectivity index (χ0) is 20.7. The number of hydrogen-bond acceptors (Lipinski definition) is 6. The van der Waals surface area contributed by atoms with E-state index in [1.165, 1.54) is 0 Å². The Kier molecular flexibility index (Phi) is 7.33. The van der Waals surface area contributed by atoms with Crippen LogP contribution in [0, 0.1) is 5.92 Å². The van der Waals surface area contributed by atoms with Gasteiger partial charge in [-0.3, -0.25) is 0 Å². The molecule has 0 aromatic heterocycles. The van der Waals surface area contributed by atoms with Crippen LogP contribution in [-0.2, 0) is 19.1 Å². The molecule has 2 aliphatic heterocycles. The van der Waals surface area contributed by atoms with Crippen molar-refractivity contribution in [3.63, 3.8) is 0 Å². The molecule has 8 nitrogen and oxygen atoms in total. The summed E-state index contributed by atoms with van der Waals surface area (Å²) >= 11 is 0. The van der Waals surface area contributed by atoms with E-state index < -0.39 is 23.2 Å². The van der Waals surface area contributed by atoms with Gasteiger partial charge >= 0.3 is 11.9 Å². The molecular weight excluding hydrogens is 376 g/mol. The van der Waals surface area contributed by atoms with Crippen molar-refractivity contribution >= 4 is 11.9 Å². The largest absolute Gasteiger partial charge is 0.492 e. The van der Waals surface area contributed by atoms with Crippen LogP contribution < -0.4 is 10.6 Å². The lowest BCUT2D eigenvalue weighted by Gasteiger charge is -2.41. The van der Waals surface area contributed by atoms with Gasteiger partial charge in [-0.2, -0.15) is 0 Å². The first-order valence-electron chi connectivity index (χ1n) is 10.4. The lowest BCUT2D eigenvalue weighted by atomic mass is 9.93. The minimum Gasteiger partial charge on any atom is -0.492 e. The van der Waals surface area contributed by atoms with Crippen molar-refractivity contribution in [3.8, 4) is 0 Å². The summed E-state index contributed by atoms with van der Waals surface area (Å²) in [7, 11) is 0. The molecule has 1 saturated heterocycles. The van der Waals surface area contributed by atoms with Gasteiger partial charge in [-0.05, 0) is 50.6 Å². The number of carboxylic acid groups (broad SMARTS) is 2. The third-order valence-corrected chi connectivity index (χ3v) is 5.62. The highest BCUT2D eigenvalue weighted by Crippen LogP contribution is 2.36. The van der Waals surface area contributed by atoms with Crippen LogP contribution in [0.15, 0.2) is 35.8 Å².